The molecule has 0 fully saturated rings. The lowest BCUT2D eigenvalue weighted by atomic mass is 10.2. The van der Waals surface area contributed by atoms with Crippen molar-refractivity contribution in [1.29, 1.82) is 0 Å². The minimum atomic E-state index is 0. The predicted molar refractivity (Wildman–Crippen MR) is 107 cm³/mol. The fourth-order valence-electron chi connectivity index (χ4n) is 1.82. The highest BCUT2D eigenvalue weighted by atomic mass is 127. The molecule has 0 aromatic carbocycles. The van der Waals surface area contributed by atoms with Gasteiger partial charge in [-0.25, -0.2) is 9.56 Å². The average Bonchev–Trinajstić information content (AvgIpc) is 2.66. The van der Waals surface area contributed by atoms with Crippen LogP contribution in [0.5, 0.6) is 0 Å². The summed E-state index contributed by atoms with van der Waals surface area (Å²) in [5.41, 5.74) is 3.97. The number of nitrogens with zero attached hydrogens (tertiary/aromatic N) is 2. The molecule has 1 aliphatic heterocycles. The molecule has 1 aromatic heterocycles. The second-order valence-electron chi connectivity index (χ2n) is 4.77. The summed E-state index contributed by atoms with van der Waals surface area (Å²) in [6.45, 7) is 5.13. The van der Waals surface area contributed by atoms with Gasteiger partial charge in [-0.1, -0.05) is 0 Å². The number of aliphatic imine (C=N–C) groups is 1. The van der Waals surface area contributed by atoms with Gasteiger partial charge in [0.2, 0.25) is 0 Å². The van der Waals surface area contributed by atoms with Crippen molar-refractivity contribution in [1.82, 2.24) is 0 Å². The Kier molecular flexibility index (Phi) is 9.52. The first kappa shape index (κ1) is 20.3. The Hall–Kier alpha value is 0.330. The highest BCUT2D eigenvalue weighted by molar-refractivity contribution is 14.0. The molecule has 0 saturated heterocycles. The third kappa shape index (κ3) is 5.27. The summed E-state index contributed by atoms with van der Waals surface area (Å²) < 4.78 is 2.16. The maximum absolute atomic E-state index is 4.68. The molecule has 0 aliphatic carbocycles. The zero-order chi connectivity index (χ0) is 13.1. The Labute approximate surface area is 160 Å². The molecule has 6 heteroatoms. The minimum absolute atomic E-state index is 0. The van der Waals surface area contributed by atoms with E-state index in [0.29, 0.717) is 0 Å². The molecule has 20 heavy (non-hydrogen) atoms. The lowest BCUT2D eigenvalue weighted by molar-refractivity contribution is -0.731. The van der Waals surface area contributed by atoms with Crippen molar-refractivity contribution in [3.63, 3.8) is 0 Å². The van der Waals surface area contributed by atoms with Gasteiger partial charge in [-0.3, -0.25) is 4.90 Å². The van der Waals surface area contributed by atoms with Crippen molar-refractivity contribution in [2.24, 2.45) is 12.0 Å². The van der Waals surface area contributed by atoms with E-state index in [1.807, 2.05) is 0 Å². The van der Waals surface area contributed by atoms with E-state index in [1.165, 1.54) is 27.0 Å². The molecule has 1 unspecified atom stereocenters. The number of thioether (sulfide) groups is 1. The number of halogens is 2. The standard InChI is InChI=1S/C14H20N3S.2HI/c1-11-5-6-13(9-16(11)3)7-8-15-14-17(4)12(2)10-18-14;;/h5-6,9-10H,7-8H2,1-4H3;2*1H/q+1;;/p+1. The van der Waals surface area contributed by atoms with Crippen molar-refractivity contribution >= 4 is 64.9 Å². The normalized spacial score (nSPS) is 19.3. The largest absolute Gasteiger partial charge is 0.266 e. The molecule has 1 aromatic rings. The van der Waals surface area contributed by atoms with Gasteiger partial charge >= 0.3 is 0 Å². The van der Waals surface area contributed by atoms with Gasteiger partial charge in [-0.05, 0) is 24.2 Å². The number of nitrogens with one attached hydrogen (secondary N) is 1. The highest BCUT2D eigenvalue weighted by Gasteiger charge is 2.21. The monoisotopic (exact) mass is 519 g/mol. The van der Waals surface area contributed by atoms with Gasteiger partial charge in [0.15, 0.2) is 11.9 Å². The van der Waals surface area contributed by atoms with Crippen molar-refractivity contribution in [3.05, 3.63) is 40.7 Å². The summed E-state index contributed by atoms with van der Waals surface area (Å²) in [6.07, 6.45) is 3.20. The van der Waals surface area contributed by atoms with Crippen LogP contribution >= 0.6 is 59.7 Å². The number of hydrogen-bond acceptors (Lipinski definition) is 2. The van der Waals surface area contributed by atoms with Crippen LogP contribution in [-0.4, -0.2) is 18.8 Å². The van der Waals surface area contributed by atoms with E-state index in [-0.39, 0.29) is 48.0 Å². The Morgan fingerprint density at radius 3 is 2.50 bits per heavy atom. The summed E-state index contributed by atoms with van der Waals surface area (Å²) in [7, 11) is 4.24. The third-order valence-corrected chi connectivity index (χ3v) is 4.50. The molecule has 112 valence electrons. The molecule has 2 rings (SSSR count). The molecular formula is C14H23I2N3S+2. The third-order valence-electron chi connectivity index (χ3n) is 3.37. The fraction of sp³-hybridized carbons (Fsp3) is 0.429. The molecule has 3 nitrogen and oxygen atoms in total. The van der Waals surface area contributed by atoms with Crippen LogP contribution in [0, 0.1) is 6.92 Å². The first-order valence-electron chi connectivity index (χ1n) is 6.25. The zero-order valence-electron chi connectivity index (χ0n) is 12.3. The molecule has 0 saturated carbocycles. The van der Waals surface area contributed by atoms with Crippen molar-refractivity contribution in [3.8, 4) is 0 Å². The quantitative estimate of drug-likeness (QED) is 0.480. The average molecular weight is 519 g/mol. The first-order valence-corrected chi connectivity index (χ1v) is 7.13. The Balaban J connectivity index is 0.00000180. The molecule has 2 heterocycles. The van der Waals surface area contributed by atoms with E-state index in [9.17, 15) is 0 Å². The molecule has 1 atom stereocenters. The zero-order valence-corrected chi connectivity index (χ0v) is 17.8. The van der Waals surface area contributed by atoms with Crippen LogP contribution in [0.4, 0.5) is 0 Å². The topological polar surface area (TPSA) is 20.7 Å². The van der Waals surface area contributed by atoms with Crippen LogP contribution in [-0.2, 0) is 13.5 Å². The van der Waals surface area contributed by atoms with Crippen LogP contribution in [0.3, 0.4) is 0 Å². The summed E-state index contributed by atoms with van der Waals surface area (Å²) >= 11 is 1.75. The predicted octanol–water partition coefficient (Wildman–Crippen LogP) is 2.08. The molecular weight excluding hydrogens is 496 g/mol. The summed E-state index contributed by atoms with van der Waals surface area (Å²) in [5, 5.41) is 3.36. The molecule has 1 N–H and O–H groups in total. The second-order valence-corrected chi connectivity index (χ2v) is 5.63. The number of aryl methyl sites for hydroxylation is 2. The number of hydrogen-bond donors (Lipinski definition) is 1. The van der Waals surface area contributed by atoms with E-state index in [1.54, 1.807) is 11.8 Å². The SMILES string of the molecule is CC1=CSC(=NCCc2ccc(C)[n+](C)c2)[NH+]1C.I.I. The van der Waals surface area contributed by atoms with Gasteiger partial charge in [-0.2, -0.15) is 0 Å². The molecule has 0 amide bonds. The number of amidine groups is 1. The van der Waals surface area contributed by atoms with Crippen molar-refractivity contribution in [2.45, 2.75) is 20.3 Å². The molecule has 0 radical (unpaired) electrons. The van der Waals surface area contributed by atoms with Gasteiger partial charge < -0.3 is 0 Å². The van der Waals surface area contributed by atoms with Gasteiger partial charge in [-0.15, -0.1) is 48.0 Å². The van der Waals surface area contributed by atoms with Crippen LogP contribution < -0.4 is 9.47 Å². The first-order chi connectivity index (χ1) is 8.58. The Morgan fingerprint density at radius 1 is 1.25 bits per heavy atom. The highest BCUT2D eigenvalue weighted by Crippen LogP contribution is 2.10. The van der Waals surface area contributed by atoms with Gasteiger partial charge in [0.05, 0.1) is 7.05 Å². The van der Waals surface area contributed by atoms with Crippen LogP contribution in [0.25, 0.3) is 0 Å². The van der Waals surface area contributed by atoms with Crippen LogP contribution in [0.2, 0.25) is 0 Å². The van der Waals surface area contributed by atoms with E-state index in [4.69, 9.17) is 0 Å². The van der Waals surface area contributed by atoms with E-state index < -0.39 is 0 Å². The molecule has 0 bridgehead atoms. The fourth-order valence-corrected chi connectivity index (χ4v) is 2.79. The summed E-state index contributed by atoms with van der Waals surface area (Å²) in [5.74, 6) is 0. The van der Waals surface area contributed by atoms with Crippen molar-refractivity contribution < 1.29 is 9.47 Å². The van der Waals surface area contributed by atoms with E-state index in [0.717, 1.165) is 13.0 Å². The van der Waals surface area contributed by atoms with E-state index >= 15 is 0 Å². The number of pyridine rings is 1. The molecule has 1 aliphatic rings. The molecule has 0 spiro atoms. The summed E-state index contributed by atoms with van der Waals surface area (Å²) in [6, 6.07) is 4.35. The van der Waals surface area contributed by atoms with Gasteiger partial charge in [0, 0.05) is 37.4 Å². The second kappa shape index (κ2) is 9.37. The lowest BCUT2D eigenvalue weighted by Gasteiger charge is -2.06. The lowest BCUT2D eigenvalue weighted by Crippen LogP contribution is -3.07. The maximum Gasteiger partial charge on any atom is 0.266 e. The number of quaternary nitrogens is 1. The minimum Gasteiger partial charge on any atom is -0.254 e. The maximum atomic E-state index is 4.68. The Bertz CT molecular complexity index is 515. The number of rotatable bonds is 3. The van der Waals surface area contributed by atoms with Crippen LogP contribution in [0.15, 0.2) is 34.4 Å². The number of allylic oxidation sites excluding steroid dienone is 1. The van der Waals surface area contributed by atoms with Crippen molar-refractivity contribution in [2.75, 3.05) is 13.6 Å². The smallest absolute Gasteiger partial charge is 0.254 e. The van der Waals surface area contributed by atoms with E-state index in [2.05, 4.69) is 61.2 Å². The number of aromatic nitrogens is 1. The van der Waals surface area contributed by atoms with Crippen LogP contribution in [0.1, 0.15) is 18.2 Å². The van der Waals surface area contributed by atoms with Gasteiger partial charge in [0.25, 0.3) is 5.17 Å². The summed E-state index contributed by atoms with van der Waals surface area (Å²) in [4.78, 5) is 6.01. The van der Waals surface area contributed by atoms with Gasteiger partial charge in [0.1, 0.15) is 12.7 Å². The Morgan fingerprint density at radius 2 is 1.95 bits per heavy atom.